The van der Waals surface area contributed by atoms with Gasteiger partial charge in [0, 0.05) is 22.8 Å². The van der Waals surface area contributed by atoms with E-state index in [-0.39, 0.29) is 5.41 Å². The van der Waals surface area contributed by atoms with E-state index in [9.17, 15) is 0 Å². The van der Waals surface area contributed by atoms with Gasteiger partial charge < -0.3 is 4.42 Å². The predicted molar refractivity (Wildman–Crippen MR) is 164 cm³/mol. The monoisotopic (exact) mass is 517 g/mol. The largest absolute Gasteiger partial charge is 0.461 e. The molecule has 6 aromatic rings. The summed E-state index contributed by atoms with van der Waals surface area (Å²) in [5.41, 5.74) is 9.53. The number of hydrogen-bond donors (Lipinski definition) is 0. The Hall–Kier alpha value is -3.43. The normalized spacial score (nSPS) is 12.4. The molecular formula is C35H35NOS. The standard InChI is InChI=1S/C35H35NOS/c1-20(2)14-32-22(4)27-16-24(12-13-31(27)37-32)28-18-30(36-34-33(28)21(3)19-38-34)25-15-23-10-8-9-11-26(23)29(17-25)35(5,6)7/h8-13,15-20H,14H2,1-7H3. The Labute approximate surface area is 229 Å². The molecule has 0 spiro atoms. The molecule has 3 aromatic carbocycles. The highest BCUT2D eigenvalue weighted by Crippen LogP contribution is 2.41. The molecule has 38 heavy (non-hydrogen) atoms. The van der Waals surface area contributed by atoms with Crippen LogP contribution in [0.4, 0.5) is 0 Å². The smallest absolute Gasteiger partial charge is 0.134 e. The molecule has 0 saturated carbocycles. The Morgan fingerprint density at radius 3 is 2.45 bits per heavy atom. The molecule has 192 valence electrons. The van der Waals surface area contributed by atoms with Crippen molar-refractivity contribution in [2.24, 2.45) is 5.92 Å². The van der Waals surface area contributed by atoms with E-state index >= 15 is 0 Å². The van der Waals surface area contributed by atoms with Crippen LogP contribution in [-0.2, 0) is 11.8 Å². The molecule has 0 saturated heterocycles. The first-order valence-corrected chi connectivity index (χ1v) is 14.4. The van der Waals surface area contributed by atoms with Gasteiger partial charge in [-0.1, -0.05) is 65.0 Å². The minimum Gasteiger partial charge on any atom is -0.461 e. The molecule has 3 aromatic heterocycles. The average molecular weight is 518 g/mol. The van der Waals surface area contributed by atoms with Gasteiger partial charge in [0.15, 0.2) is 0 Å². The summed E-state index contributed by atoms with van der Waals surface area (Å²) in [5.74, 6) is 1.66. The van der Waals surface area contributed by atoms with Crippen LogP contribution in [0.15, 0.2) is 70.5 Å². The van der Waals surface area contributed by atoms with Crippen molar-refractivity contribution in [3.05, 3.63) is 88.5 Å². The van der Waals surface area contributed by atoms with Crippen molar-refractivity contribution in [2.45, 2.75) is 60.3 Å². The first kappa shape index (κ1) is 24.9. The maximum atomic E-state index is 6.27. The molecule has 3 heterocycles. The number of benzene rings is 3. The van der Waals surface area contributed by atoms with Gasteiger partial charge in [0.2, 0.25) is 0 Å². The van der Waals surface area contributed by atoms with E-state index in [1.54, 1.807) is 11.3 Å². The third kappa shape index (κ3) is 4.23. The summed E-state index contributed by atoms with van der Waals surface area (Å²) in [6, 6.07) is 22.3. The van der Waals surface area contributed by atoms with E-state index in [0.717, 1.165) is 28.3 Å². The molecule has 0 aliphatic carbocycles. The van der Waals surface area contributed by atoms with Gasteiger partial charge >= 0.3 is 0 Å². The van der Waals surface area contributed by atoms with Crippen molar-refractivity contribution >= 4 is 43.3 Å². The maximum Gasteiger partial charge on any atom is 0.134 e. The summed E-state index contributed by atoms with van der Waals surface area (Å²) >= 11 is 1.73. The molecule has 0 fully saturated rings. The maximum absolute atomic E-state index is 6.27. The lowest BCUT2D eigenvalue weighted by Gasteiger charge is -2.23. The molecule has 0 aliphatic rings. The molecule has 3 heteroatoms. The van der Waals surface area contributed by atoms with Crippen molar-refractivity contribution in [2.75, 3.05) is 0 Å². The summed E-state index contributed by atoms with van der Waals surface area (Å²) in [6.07, 6.45) is 0.960. The van der Waals surface area contributed by atoms with Gasteiger partial charge in [-0.2, -0.15) is 0 Å². The Morgan fingerprint density at radius 2 is 1.68 bits per heavy atom. The van der Waals surface area contributed by atoms with Crippen LogP contribution in [0.2, 0.25) is 0 Å². The highest BCUT2D eigenvalue weighted by Gasteiger charge is 2.20. The quantitative estimate of drug-likeness (QED) is 0.232. The van der Waals surface area contributed by atoms with Crippen LogP contribution >= 0.6 is 11.3 Å². The van der Waals surface area contributed by atoms with Crippen molar-refractivity contribution in [3.8, 4) is 22.4 Å². The number of pyridine rings is 1. The van der Waals surface area contributed by atoms with E-state index in [2.05, 4.69) is 115 Å². The Balaban J connectivity index is 1.58. The van der Waals surface area contributed by atoms with Crippen LogP contribution in [0.25, 0.3) is 54.3 Å². The van der Waals surface area contributed by atoms with Gasteiger partial charge in [-0.05, 0) is 99.5 Å². The topological polar surface area (TPSA) is 26.0 Å². The SMILES string of the molecule is Cc1c(CC(C)C)oc2ccc(-c3cc(-c4cc(C(C)(C)C)c5ccccc5c4)nc4scc(C)c34)cc12. The van der Waals surface area contributed by atoms with Crippen molar-refractivity contribution < 1.29 is 4.42 Å². The van der Waals surface area contributed by atoms with Gasteiger partial charge in [-0.3, -0.25) is 0 Å². The number of rotatable bonds is 4. The van der Waals surface area contributed by atoms with Gasteiger partial charge in [0.25, 0.3) is 0 Å². The fourth-order valence-corrected chi connectivity index (χ4v) is 6.60. The van der Waals surface area contributed by atoms with Crippen LogP contribution in [0, 0.1) is 19.8 Å². The van der Waals surface area contributed by atoms with Crippen molar-refractivity contribution in [1.29, 1.82) is 0 Å². The highest BCUT2D eigenvalue weighted by atomic mass is 32.1. The molecule has 6 rings (SSSR count). The summed E-state index contributed by atoms with van der Waals surface area (Å²) < 4.78 is 6.27. The highest BCUT2D eigenvalue weighted by molar-refractivity contribution is 7.17. The lowest BCUT2D eigenvalue weighted by Crippen LogP contribution is -2.12. The zero-order valence-corrected chi connectivity index (χ0v) is 24.2. The number of hydrogen-bond acceptors (Lipinski definition) is 3. The summed E-state index contributed by atoms with van der Waals surface area (Å²) in [5, 5.41) is 7.26. The van der Waals surface area contributed by atoms with Crippen LogP contribution < -0.4 is 0 Å². The number of furan rings is 1. The molecule has 0 unspecified atom stereocenters. The molecule has 0 bridgehead atoms. The van der Waals surface area contributed by atoms with Gasteiger partial charge in [-0.15, -0.1) is 11.3 Å². The van der Waals surface area contributed by atoms with Crippen molar-refractivity contribution in [1.82, 2.24) is 4.98 Å². The molecule has 0 amide bonds. The molecule has 0 radical (unpaired) electrons. The molecular weight excluding hydrogens is 482 g/mol. The Morgan fingerprint density at radius 1 is 0.895 bits per heavy atom. The third-order valence-electron chi connectivity index (χ3n) is 7.63. The van der Waals surface area contributed by atoms with Crippen LogP contribution in [0.5, 0.6) is 0 Å². The summed E-state index contributed by atoms with van der Waals surface area (Å²) in [4.78, 5) is 6.29. The minimum absolute atomic E-state index is 0.0274. The van der Waals surface area contributed by atoms with E-state index in [0.29, 0.717) is 5.92 Å². The lowest BCUT2D eigenvalue weighted by molar-refractivity contribution is 0.496. The zero-order valence-electron chi connectivity index (χ0n) is 23.4. The number of fused-ring (bicyclic) bond motifs is 3. The first-order chi connectivity index (χ1) is 18.1. The molecule has 2 nitrogen and oxygen atoms in total. The van der Waals surface area contributed by atoms with Crippen molar-refractivity contribution in [3.63, 3.8) is 0 Å². The van der Waals surface area contributed by atoms with Crippen LogP contribution in [0.3, 0.4) is 0 Å². The first-order valence-electron chi connectivity index (χ1n) is 13.5. The minimum atomic E-state index is 0.0274. The molecule has 0 N–H and O–H groups in total. The van der Waals surface area contributed by atoms with E-state index in [1.807, 2.05) is 0 Å². The number of aryl methyl sites for hydroxylation is 2. The summed E-state index contributed by atoms with van der Waals surface area (Å²) in [6.45, 7) is 15.7. The second-order valence-corrected chi connectivity index (χ2v) is 13.0. The lowest BCUT2D eigenvalue weighted by atomic mass is 9.82. The second-order valence-electron chi connectivity index (χ2n) is 12.1. The number of thiophene rings is 1. The summed E-state index contributed by atoms with van der Waals surface area (Å²) in [7, 11) is 0. The van der Waals surface area contributed by atoms with E-state index in [1.165, 1.54) is 54.9 Å². The molecule has 0 aliphatic heterocycles. The fourth-order valence-electron chi connectivity index (χ4n) is 5.65. The number of nitrogens with zero attached hydrogens (tertiary/aromatic N) is 1. The van der Waals surface area contributed by atoms with E-state index in [4.69, 9.17) is 9.40 Å². The van der Waals surface area contributed by atoms with Crippen LogP contribution in [0.1, 0.15) is 57.1 Å². The number of aromatic nitrogens is 1. The van der Waals surface area contributed by atoms with E-state index < -0.39 is 0 Å². The van der Waals surface area contributed by atoms with Crippen LogP contribution in [-0.4, -0.2) is 4.98 Å². The third-order valence-corrected chi connectivity index (χ3v) is 8.62. The Bertz CT molecular complexity index is 1830. The van der Waals surface area contributed by atoms with Gasteiger partial charge in [-0.25, -0.2) is 4.98 Å². The second kappa shape index (κ2) is 9.10. The van der Waals surface area contributed by atoms with Gasteiger partial charge in [0.1, 0.15) is 16.2 Å². The average Bonchev–Trinajstić information content (AvgIpc) is 3.40. The molecule has 0 atom stereocenters. The predicted octanol–water partition coefficient (Wildman–Crippen LogP) is 10.6. The fraction of sp³-hybridized carbons (Fsp3) is 0.286. The Kier molecular flexibility index (Phi) is 5.96. The zero-order chi connectivity index (χ0) is 26.8. The van der Waals surface area contributed by atoms with Gasteiger partial charge in [0.05, 0.1) is 5.69 Å².